The summed E-state index contributed by atoms with van der Waals surface area (Å²) in [6.45, 7) is 1.34. The Morgan fingerprint density at radius 1 is 0.816 bits per heavy atom. The lowest BCUT2D eigenvalue weighted by Crippen LogP contribution is -2.12. The van der Waals surface area contributed by atoms with Gasteiger partial charge in [0.1, 0.15) is 17.2 Å². The van der Waals surface area contributed by atoms with Crippen LogP contribution in [0.25, 0.3) is 21.7 Å². The molecule has 1 radical (unpaired) electrons. The van der Waals surface area contributed by atoms with E-state index < -0.39 is 5.97 Å². The van der Waals surface area contributed by atoms with E-state index in [1.165, 1.54) is 6.92 Å². The molecule has 1 N–H and O–H groups in total. The number of hydrogen-bond acceptors (Lipinski definition) is 7. The van der Waals surface area contributed by atoms with E-state index in [9.17, 15) is 9.59 Å². The fraction of sp³-hybridized carbons (Fsp3) is 0.100. The van der Waals surface area contributed by atoms with Crippen LogP contribution in [-0.4, -0.2) is 31.1 Å². The van der Waals surface area contributed by atoms with Crippen molar-refractivity contribution in [3.05, 3.63) is 90.6 Å². The van der Waals surface area contributed by atoms with Gasteiger partial charge in [-0.05, 0) is 71.4 Å². The lowest BCUT2D eigenvalue weighted by molar-refractivity contribution is -0.131. The van der Waals surface area contributed by atoms with Gasteiger partial charge in [0.05, 0.1) is 25.3 Å². The van der Waals surface area contributed by atoms with E-state index in [-0.39, 0.29) is 5.91 Å². The predicted molar refractivity (Wildman–Crippen MR) is 143 cm³/mol. The van der Waals surface area contributed by atoms with Crippen molar-refractivity contribution in [1.29, 1.82) is 0 Å². The van der Waals surface area contributed by atoms with Gasteiger partial charge in [0.15, 0.2) is 11.5 Å². The SMILES string of the molecule is COc1cc2nccc(Oc3ccc(NC(=O)c4[c]ccc5cc(OC(C)=O)ccc45)cc3)c2cc1OC. The molecule has 5 rings (SSSR count). The maximum absolute atomic E-state index is 13.0. The summed E-state index contributed by atoms with van der Waals surface area (Å²) in [5, 5.41) is 5.12. The Morgan fingerprint density at radius 3 is 2.29 bits per heavy atom. The molecule has 0 fully saturated rings. The number of amides is 1. The second kappa shape index (κ2) is 10.5. The van der Waals surface area contributed by atoms with Gasteiger partial charge in [0.25, 0.3) is 5.91 Å². The number of esters is 1. The summed E-state index contributed by atoms with van der Waals surface area (Å²) in [4.78, 5) is 28.7. The van der Waals surface area contributed by atoms with Crippen LogP contribution in [0.3, 0.4) is 0 Å². The summed E-state index contributed by atoms with van der Waals surface area (Å²) in [6.07, 6.45) is 1.66. The summed E-state index contributed by atoms with van der Waals surface area (Å²) >= 11 is 0. The van der Waals surface area contributed by atoms with E-state index in [1.54, 1.807) is 87.1 Å². The summed E-state index contributed by atoms with van der Waals surface area (Å²) in [5.74, 6) is 2.03. The topological polar surface area (TPSA) is 96.0 Å². The van der Waals surface area contributed by atoms with Crippen LogP contribution in [0, 0.1) is 6.07 Å². The standard InChI is InChI=1S/C30H23N2O6/c1-18(33)37-22-11-12-23-19(15-22)5-4-6-24(23)30(34)32-20-7-9-21(10-8-20)38-27-13-14-31-26-17-29(36-3)28(35-2)16-25(26)27/h4-5,7-17H,1-3H3,(H,32,34). The van der Waals surface area contributed by atoms with Crippen molar-refractivity contribution in [3.8, 4) is 28.7 Å². The number of nitrogens with zero attached hydrogens (tertiary/aromatic N) is 1. The number of rotatable bonds is 7. The number of carbonyl (C=O) groups excluding carboxylic acids is 2. The Bertz CT molecular complexity index is 1660. The van der Waals surface area contributed by atoms with Gasteiger partial charge in [-0.2, -0.15) is 0 Å². The molecule has 0 atom stereocenters. The largest absolute Gasteiger partial charge is 0.493 e. The molecule has 8 heteroatoms. The normalized spacial score (nSPS) is 10.7. The Kier molecular flexibility index (Phi) is 6.78. The average molecular weight is 508 g/mol. The molecule has 38 heavy (non-hydrogen) atoms. The molecule has 0 bridgehead atoms. The van der Waals surface area contributed by atoms with Crippen LogP contribution in [0.4, 0.5) is 5.69 Å². The quantitative estimate of drug-likeness (QED) is 0.208. The zero-order chi connectivity index (χ0) is 26.6. The van der Waals surface area contributed by atoms with E-state index in [2.05, 4.69) is 16.4 Å². The van der Waals surface area contributed by atoms with Crippen molar-refractivity contribution in [2.24, 2.45) is 0 Å². The Labute approximate surface area is 218 Å². The molecule has 0 saturated heterocycles. The number of hydrogen-bond donors (Lipinski definition) is 1. The Hall–Kier alpha value is -5.11. The Morgan fingerprint density at radius 2 is 1.55 bits per heavy atom. The molecule has 1 aromatic heterocycles. The highest BCUT2D eigenvalue weighted by Gasteiger charge is 2.14. The van der Waals surface area contributed by atoms with Gasteiger partial charge < -0.3 is 24.3 Å². The Balaban J connectivity index is 1.34. The van der Waals surface area contributed by atoms with Crippen LogP contribution in [-0.2, 0) is 4.79 Å². The molecule has 0 aliphatic carbocycles. The number of aromatic nitrogens is 1. The zero-order valence-corrected chi connectivity index (χ0v) is 20.9. The first-order valence-corrected chi connectivity index (χ1v) is 11.7. The number of fused-ring (bicyclic) bond motifs is 2. The van der Waals surface area contributed by atoms with E-state index in [0.717, 1.165) is 10.8 Å². The van der Waals surface area contributed by atoms with Gasteiger partial charge in [0, 0.05) is 30.3 Å². The summed E-state index contributed by atoms with van der Waals surface area (Å²) in [5.41, 5.74) is 1.68. The number of nitrogens with one attached hydrogen (secondary N) is 1. The van der Waals surface area contributed by atoms with Crippen molar-refractivity contribution in [3.63, 3.8) is 0 Å². The summed E-state index contributed by atoms with van der Waals surface area (Å²) < 4.78 is 22.0. The number of benzene rings is 4. The van der Waals surface area contributed by atoms with Crippen molar-refractivity contribution in [1.82, 2.24) is 4.98 Å². The van der Waals surface area contributed by atoms with Gasteiger partial charge in [-0.3, -0.25) is 14.6 Å². The monoisotopic (exact) mass is 507 g/mol. The van der Waals surface area contributed by atoms with Crippen LogP contribution >= 0.6 is 0 Å². The lowest BCUT2D eigenvalue weighted by atomic mass is 10.0. The highest BCUT2D eigenvalue weighted by Crippen LogP contribution is 2.37. The van der Waals surface area contributed by atoms with Crippen LogP contribution in [0.1, 0.15) is 17.3 Å². The molecule has 4 aromatic carbocycles. The van der Waals surface area contributed by atoms with Crippen LogP contribution in [0.15, 0.2) is 79.0 Å². The number of anilines is 1. The minimum atomic E-state index is -0.408. The third kappa shape index (κ3) is 5.05. The maximum atomic E-state index is 13.0. The summed E-state index contributed by atoms with van der Waals surface area (Å²) in [6, 6.07) is 24.0. The maximum Gasteiger partial charge on any atom is 0.308 e. The second-order valence-corrected chi connectivity index (χ2v) is 8.31. The van der Waals surface area contributed by atoms with Crippen molar-refractivity contribution < 1.29 is 28.5 Å². The number of pyridine rings is 1. The first-order chi connectivity index (χ1) is 18.4. The minimum absolute atomic E-state index is 0.314. The third-order valence-corrected chi connectivity index (χ3v) is 5.82. The second-order valence-electron chi connectivity index (χ2n) is 8.31. The van der Waals surface area contributed by atoms with Gasteiger partial charge >= 0.3 is 5.97 Å². The van der Waals surface area contributed by atoms with E-state index in [1.807, 2.05) is 6.07 Å². The summed E-state index contributed by atoms with van der Waals surface area (Å²) in [7, 11) is 3.15. The zero-order valence-electron chi connectivity index (χ0n) is 20.9. The molecule has 189 valence electrons. The van der Waals surface area contributed by atoms with E-state index >= 15 is 0 Å². The molecule has 0 unspecified atom stereocenters. The van der Waals surface area contributed by atoms with E-state index in [0.29, 0.717) is 50.9 Å². The fourth-order valence-electron chi connectivity index (χ4n) is 4.08. The van der Waals surface area contributed by atoms with E-state index in [4.69, 9.17) is 18.9 Å². The van der Waals surface area contributed by atoms with Crippen LogP contribution < -0.4 is 24.3 Å². The smallest absolute Gasteiger partial charge is 0.308 e. The highest BCUT2D eigenvalue weighted by molar-refractivity contribution is 6.12. The molecule has 1 amide bonds. The number of carbonyl (C=O) groups is 2. The van der Waals surface area contributed by atoms with Gasteiger partial charge in [0.2, 0.25) is 0 Å². The van der Waals surface area contributed by atoms with Crippen molar-refractivity contribution >= 4 is 39.2 Å². The predicted octanol–water partition coefficient (Wildman–Crippen LogP) is 6.18. The third-order valence-electron chi connectivity index (χ3n) is 5.82. The molecular formula is C30H23N2O6. The van der Waals surface area contributed by atoms with Crippen LogP contribution in [0.5, 0.6) is 28.7 Å². The van der Waals surface area contributed by atoms with Gasteiger partial charge in [-0.1, -0.05) is 12.1 Å². The van der Waals surface area contributed by atoms with Gasteiger partial charge in [-0.15, -0.1) is 0 Å². The molecule has 0 aliphatic rings. The molecule has 8 nitrogen and oxygen atoms in total. The molecular weight excluding hydrogens is 484 g/mol. The van der Waals surface area contributed by atoms with Crippen molar-refractivity contribution in [2.45, 2.75) is 6.92 Å². The molecule has 1 heterocycles. The number of methoxy groups -OCH3 is 2. The highest BCUT2D eigenvalue weighted by atomic mass is 16.5. The fourth-order valence-corrected chi connectivity index (χ4v) is 4.08. The average Bonchev–Trinajstić information content (AvgIpc) is 2.92. The molecule has 0 aliphatic heterocycles. The van der Waals surface area contributed by atoms with Crippen molar-refractivity contribution in [2.75, 3.05) is 19.5 Å². The molecule has 0 saturated carbocycles. The van der Waals surface area contributed by atoms with Crippen LogP contribution in [0.2, 0.25) is 0 Å². The minimum Gasteiger partial charge on any atom is -0.493 e. The first-order valence-electron chi connectivity index (χ1n) is 11.7. The molecule has 0 spiro atoms. The first kappa shape index (κ1) is 24.6. The van der Waals surface area contributed by atoms with Gasteiger partial charge in [-0.25, -0.2) is 0 Å². The number of ether oxygens (including phenoxy) is 4. The molecule has 5 aromatic rings. The lowest BCUT2D eigenvalue weighted by Gasteiger charge is -2.13.